The van der Waals surface area contributed by atoms with Crippen LogP contribution in [0.4, 0.5) is 0 Å². The molecule has 0 saturated carbocycles. The number of fused-ring (bicyclic) bond motifs is 1. The molecule has 0 aliphatic heterocycles. The second kappa shape index (κ2) is 9.77. The van der Waals surface area contributed by atoms with E-state index in [0.29, 0.717) is 15.0 Å². The lowest BCUT2D eigenvalue weighted by atomic mass is 10.2. The number of benzene rings is 2. The Balaban J connectivity index is 1.94. The minimum absolute atomic E-state index is 0.0332. The van der Waals surface area contributed by atoms with Crippen LogP contribution < -0.4 is 9.94 Å². The van der Waals surface area contributed by atoms with Crippen molar-refractivity contribution in [2.24, 2.45) is 10.1 Å². The molecule has 0 saturated heterocycles. The van der Waals surface area contributed by atoms with E-state index >= 15 is 0 Å². The summed E-state index contributed by atoms with van der Waals surface area (Å²) in [5.41, 5.74) is 1.79. The first kappa shape index (κ1) is 23.2. The van der Waals surface area contributed by atoms with Gasteiger partial charge in [-0.05, 0) is 37.3 Å². The molecule has 2 N–H and O–H groups in total. The quantitative estimate of drug-likeness (QED) is 0.410. The summed E-state index contributed by atoms with van der Waals surface area (Å²) in [6.45, 7) is 2.23. The van der Waals surface area contributed by atoms with Crippen LogP contribution in [0.2, 0.25) is 0 Å². The van der Waals surface area contributed by atoms with Gasteiger partial charge >= 0.3 is 5.97 Å². The van der Waals surface area contributed by atoms with Gasteiger partial charge in [0.05, 0.1) is 34.4 Å². The number of carbonyl (C=O) groups excluding carboxylic acids is 2. The molecule has 8 nitrogen and oxygen atoms in total. The fraction of sp³-hybridized carbons (Fsp3) is 0.250. The third kappa shape index (κ3) is 6.03. The highest BCUT2D eigenvalue weighted by molar-refractivity contribution is 8.00. The molecule has 1 heterocycles. The van der Waals surface area contributed by atoms with Gasteiger partial charge in [0, 0.05) is 11.4 Å². The molecular weight excluding hydrogens is 458 g/mol. The van der Waals surface area contributed by atoms with Gasteiger partial charge in [0.1, 0.15) is 0 Å². The first-order valence-corrected chi connectivity index (χ1v) is 12.5. The molecule has 0 aliphatic carbocycles. The van der Waals surface area contributed by atoms with Crippen LogP contribution in [-0.4, -0.2) is 37.7 Å². The molecule has 3 aromatic rings. The van der Waals surface area contributed by atoms with Crippen LogP contribution in [-0.2, 0) is 30.9 Å². The number of esters is 1. The van der Waals surface area contributed by atoms with Crippen molar-refractivity contribution in [3.05, 3.63) is 52.8 Å². The van der Waals surface area contributed by atoms with Gasteiger partial charge in [-0.15, -0.1) is 11.8 Å². The van der Waals surface area contributed by atoms with Crippen molar-refractivity contribution in [1.29, 1.82) is 0 Å². The van der Waals surface area contributed by atoms with Crippen molar-refractivity contribution in [3.63, 3.8) is 0 Å². The fourth-order valence-corrected chi connectivity index (χ4v) is 5.17. The molecule has 31 heavy (non-hydrogen) atoms. The zero-order chi connectivity index (χ0) is 22.6. The predicted molar refractivity (Wildman–Crippen MR) is 120 cm³/mol. The summed E-state index contributed by atoms with van der Waals surface area (Å²) in [4.78, 5) is 29.6. The third-order valence-corrected chi connectivity index (χ3v) is 7.30. The molecule has 2 aromatic carbocycles. The van der Waals surface area contributed by atoms with E-state index < -0.39 is 16.0 Å². The van der Waals surface area contributed by atoms with E-state index in [1.165, 1.54) is 31.0 Å². The number of aromatic nitrogens is 1. The first-order valence-electron chi connectivity index (χ1n) is 9.17. The molecular formula is C20H21N3O5S3. The van der Waals surface area contributed by atoms with E-state index in [1.807, 2.05) is 31.2 Å². The number of rotatable bonds is 7. The Bertz CT molecular complexity index is 1290. The lowest BCUT2D eigenvalue weighted by molar-refractivity contribution is -0.140. The van der Waals surface area contributed by atoms with Crippen LogP contribution in [0.1, 0.15) is 12.0 Å². The Kier molecular flexibility index (Phi) is 7.31. The van der Waals surface area contributed by atoms with Gasteiger partial charge in [0.2, 0.25) is 10.0 Å². The van der Waals surface area contributed by atoms with E-state index in [1.54, 1.807) is 10.6 Å². The number of carbonyl (C=O) groups is 2. The van der Waals surface area contributed by atoms with Crippen molar-refractivity contribution in [2.45, 2.75) is 29.7 Å². The number of nitrogens with two attached hydrogens (primary N) is 1. The van der Waals surface area contributed by atoms with E-state index in [9.17, 15) is 18.0 Å². The molecule has 0 atom stereocenters. The van der Waals surface area contributed by atoms with Gasteiger partial charge in [-0.2, -0.15) is 4.99 Å². The average Bonchev–Trinajstić information content (AvgIpc) is 3.07. The number of hydrogen-bond acceptors (Lipinski definition) is 7. The second-order valence-electron chi connectivity index (χ2n) is 6.64. The summed E-state index contributed by atoms with van der Waals surface area (Å²) >= 11 is 2.54. The van der Waals surface area contributed by atoms with E-state index in [4.69, 9.17) is 9.88 Å². The molecule has 11 heteroatoms. The van der Waals surface area contributed by atoms with E-state index in [2.05, 4.69) is 4.99 Å². The van der Waals surface area contributed by atoms with Crippen molar-refractivity contribution < 1.29 is 22.7 Å². The van der Waals surface area contributed by atoms with Gasteiger partial charge in [-0.25, -0.2) is 13.6 Å². The Hall–Kier alpha value is -2.47. The Morgan fingerprint density at radius 2 is 1.90 bits per heavy atom. The van der Waals surface area contributed by atoms with Crippen molar-refractivity contribution in [3.8, 4) is 0 Å². The van der Waals surface area contributed by atoms with Gasteiger partial charge in [-0.1, -0.05) is 29.0 Å². The van der Waals surface area contributed by atoms with Crippen LogP contribution in [0.25, 0.3) is 10.2 Å². The molecule has 1 aromatic heterocycles. The van der Waals surface area contributed by atoms with E-state index in [0.717, 1.165) is 21.8 Å². The number of amides is 1. The van der Waals surface area contributed by atoms with Crippen molar-refractivity contribution >= 4 is 55.2 Å². The van der Waals surface area contributed by atoms with E-state index in [-0.39, 0.29) is 29.5 Å². The van der Waals surface area contributed by atoms with Crippen molar-refractivity contribution in [2.75, 3.05) is 12.9 Å². The number of methoxy groups -OCH3 is 1. The number of thiazole rings is 1. The number of nitrogens with zero attached hydrogens (tertiary/aromatic N) is 2. The highest BCUT2D eigenvalue weighted by Gasteiger charge is 2.14. The Morgan fingerprint density at radius 3 is 2.55 bits per heavy atom. The highest BCUT2D eigenvalue weighted by Crippen LogP contribution is 2.22. The zero-order valence-corrected chi connectivity index (χ0v) is 19.4. The van der Waals surface area contributed by atoms with Gasteiger partial charge < -0.3 is 9.30 Å². The average molecular weight is 480 g/mol. The summed E-state index contributed by atoms with van der Waals surface area (Å²) < 4.78 is 30.3. The maximum Gasteiger partial charge on any atom is 0.307 e. The number of sulfonamides is 1. The van der Waals surface area contributed by atoms with Gasteiger partial charge in [-0.3, -0.25) is 9.59 Å². The fourth-order valence-electron chi connectivity index (χ4n) is 2.76. The van der Waals surface area contributed by atoms with Gasteiger partial charge in [0.25, 0.3) is 5.91 Å². The minimum Gasteiger partial charge on any atom is -0.469 e. The second-order valence-corrected chi connectivity index (χ2v) is 10.3. The number of ether oxygens (including phenoxy) is 1. The Labute approximate surface area is 187 Å². The largest absolute Gasteiger partial charge is 0.469 e. The normalized spacial score (nSPS) is 12.3. The number of hydrogen-bond donors (Lipinski definition) is 1. The summed E-state index contributed by atoms with van der Waals surface area (Å²) in [6.07, 6.45) is 0.0821. The maximum absolute atomic E-state index is 12.5. The molecule has 0 aliphatic rings. The molecule has 0 bridgehead atoms. The molecule has 3 rings (SSSR count). The zero-order valence-electron chi connectivity index (χ0n) is 16.9. The smallest absolute Gasteiger partial charge is 0.307 e. The summed E-state index contributed by atoms with van der Waals surface area (Å²) in [5.74, 6) is -0.590. The standard InChI is InChI=1S/C20H21N3O5S3/c1-13-3-5-14(6-4-13)29-12-18(24)22-20-23(10-9-19(25)28-2)16-8-7-15(31(21,26)27)11-17(16)30-20/h3-8,11H,9-10,12H2,1-2H3,(H2,21,26,27). The van der Waals surface area contributed by atoms with Crippen LogP contribution in [0.3, 0.4) is 0 Å². The summed E-state index contributed by atoms with van der Waals surface area (Å²) in [6, 6.07) is 12.2. The summed E-state index contributed by atoms with van der Waals surface area (Å²) in [5, 5.41) is 5.22. The topological polar surface area (TPSA) is 121 Å². The maximum atomic E-state index is 12.5. The molecule has 0 radical (unpaired) electrons. The predicted octanol–water partition coefficient (Wildman–Crippen LogP) is 2.44. The Morgan fingerprint density at radius 1 is 1.19 bits per heavy atom. The van der Waals surface area contributed by atoms with Crippen LogP contribution in [0, 0.1) is 6.92 Å². The third-order valence-electron chi connectivity index (χ3n) is 4.35. The number of thioether (sulfide) groups is 1. The number of aryl methyl sites for hydroxylation is 2. The van der Waals surface area contributed by atoms with Crippen molar-refractivity contribution in [1.82, 2.24) is 4.57 Å². The van der Waals surface area contributed by atoms with Crippen LogP contribution >= 0.6 is 23.1 Å². The monoisotopic (exact) mass is 479 g/mol. The lowest BCUT2D eigenvalue weighted by Crippen LogP contribution is -2.19. The SMILES string of the molecule is COC(=O)CCn1c(=NC(=O)CSc2ccc(C)cc2)sc2cc(S(N)(=O)=O)ccc21. The minimum atomic E-state index is -3.87. The molecule has 164 valence electrons. The first-order chi connectivity index (χ1) is 14.7. The number of primary sulfonamides is 1. The molecule has 1 amide bonds. The van der Waals surface area contributed by atoms with Crippen LogP contribution in [0.15, 0.2) is 57.2 Å². The molecule has 0 fully saturated rings. The van der Waals surface area contributed by atoms with Crippen LogP contribution in [0.5, 0.6) is 0 Å². The molecule has 0 unspecified atom stereocenters. The highest BCUT2D eigenvalue weighted by atomic mass is 32.2. The lowest BCUT2D eigenvalue weighted by Gasteiger charge is -2.05. The summed E-state index contributed by atoms with van der Waals surface area (Å²) in [7, 11) is -2.57. The molecule has 0 spiro atoms. The van der Waals surface area contributed by atoms with Gasteiger partial charge in [0.15, 0.2) is 4.80 Å².